The molecule has 0 bridgehead atoms. The van der Waals surface area contributed by atoms with E-state index in [-0.39, 0.29) is 11.4 Å². The van der Waals surface area contributed by atoms with Crippen LogP contribution in [0.5, 0.6) is 0 Å². The molecule has 0 unspecified atom stereocenters. The molecule has 0 amide bonds. The third kappa shape index (κ3) is 6.05. The second-order valence-corrected chi connectivity index (χ2v) is 11.4. The molecule has 2 heterocycles. The van der Waals surface area contributed by atoms with E-state index in [9.17, 15) is 4.79 Å². The van der Waals surface area contributed by atoms with Gasteiger partial charge in [0.15, 0.2) is 5.82 Å². The Morgan fingerprint density at radius 2 is 2.00 bits per heavy atom. The van der Waals surface area contributed by atoms with E-state index in [1.54, 1.807) is 6.20 Å². The lowest BCUT2D eigenvalue weighted by Crippen LogP contribution is -2.29. The van der Waals surface area contributed by atoms with Crippen molar-refractivity contribution in [2.24, 2.45) is 5.41 Å². The maximum absolute atomic E-state index is 13.0. The molecule has 5 nitrogen and oxygen atoms in total. The van der Waals surface area contributed by atoms with Gasteiger partial charge in [0.05, 0.1) is 12.2 Å². The number of hydrogen-bond donors (Lipinski definition) is 1. The molecule has 0 spiro atoms. The van der Waals surface area contributed by atoms with Crippen molar-refractivity contribution in [3.63, 3.8) is 0 Å². The van der Waals surface area contributed by atoms with Crippen molar-refractivity contribution in [3.8, 4) is 0 Å². The Morgan fingerprint density at radius 1 is 1.24 bits per heavy atom. The van der Waals surface area contributed by atoms with Gasteiger partial charge >= 0.3 is 0 Å². The molecule has 1 aliphatic carbocycles. The number of aromatic amines is 1. The molecule has 34 heavy (non-hydrogen) atoms. The number of nitrogens with zero attached hydrogens (tertiary/aromatic N) is 2. The van der Waals surface area contributed by atoms with Gasteiger partial charge in [-0.1, -0.05) is 32.1 Å². The summed E-state index contributed by atoms with van der Waals surface area (Å²) in [5.74, 6) is 0.469. The van der Waals surface area contributed by atoms with E-state index in [1.165, 1.54) is 42.6 Å². The summed E-state index contributed by atoms with van der Waals surface area (Å²) in [5.41, 5.74) is 5.64. The van der Waals surface area contributed by atoms with Crippen LogP contribution in [-0.2, 0) is 16.8 Å². The number of ether oxygens (including phenoxy) is 1. The number of carbonyl (C=O) groups excluding carboxylic acids is 1. The van der Waals surface area contributed by atoms with Crippen LogP contribution in [0, 0.1) is 12.3 Å². The molecule has 1 aliphatic heterocycles. The molecule has 4 rings (SSSR count). The Balaban J connectivity index is 1.57. The Bertz CT molecular complexity index is 1040. The number of Topliss-reactive ketones (excluding diaryl/α,β-unsaturated/α-hetero) is 1. The van der Waals surface area contributed by atoms with Gasteiger partial charge in [0.2, 0.25) is 5.78 Å². The van der Waals surface area contributed by atoms with E-state index in [1.807, 2.05) is 6.92 Å². The minimum atomic E-state index is -0.385. The summed E-state index contributed by atoms with van der Waals surface area (Å²) >= 11 is 0. The first-order chi connectivity index (χ1) is 16.1. The van der Waals surface area contributed by atoms with Crippen LogP contribution in [0.15, 0.2) is 30.5 Å². The number of allylic oxidation sites excluding steroid dienone is 2. The monoisotopic (exact) mass is 463 g/mol. The summed E-state index contributed by atoms with van der Waals surface area (Å²) in [5, 5.41) is 0. The van der Waals surface area contributed by atoms with Crippen LogP contribution in [0.25, 0.3) is 5.57 Å². The fraction of sp³-hybridized carbons (Fsp3) is 0.586. The molecular formula is C29H41N3O2. The van der Waals surface area contributed by atoms with Crippen molar-refractivity contribution in [2.45, 2.75) is 78.7 Å². The van der Waals surface area contributed by atoms with Crippen LogP contribution in [0.1, 0.15) is 92.8 Å². The van der Waals surface area contributed by atoms with Gasteiger partial charge < -0.3 is 14.6 Å². The van der Waals surface area contributed by atoms with Gasteiger partial charge in [0.1, 0.15) is 0 Å². The smallest absolute Gasteiger partial charge is 0.202 e. The number of ketones is 1. The van der Waals surface area contributed by atoms with Crippen LogP contribution >= 0.6 is 0 Å². The molecule has 2 aliphatic rings. The molecule has 2 aromatic rings. The van der Waals surface area contributed by atoms with E-state index in [0.717, 1.165) is 43.7 Å². The number of benzene rings is 1. The highest BCUT2D eigenvalue weighted by atomic mass is 16.5. The maximum atomic E-state index is 13.0. The Kier molecular flexibility index (Phi) is 7.44. The van der Waals surface area contributed by atoms with Gasteiger partial charge in [-0.15, -0.1) is 0 Å². The van der Waals surface area contributed by atoms with Crippen LogP contribution in [0.2, 0.25) is 0 Å². The summed E-state index contributed by atoms with van der Waals surface area (Å²) < 4.78 is 6.40. The minimum absolute atomic E-state index is 0.0277. The second kappa shape index (κ2) is 10.2. The van der Waals surface area contributed by atoms with Crippen molar-refractivity contribution >= 4 is 11.4 Å². The molecule has 1 N–H and O–H groups in total. The molecule has 0 atom stereocenters. The van der Waals surface area contributed by atoms with Gasteiger partial charge in [-0.2, -0.15) is 0 Å². The van der Waals surface area contributed by atoms with Crippen LogP contribution in [0.3, 0.4) is 0 Å². The molecule has 0 saturated carbocycles. The number of nitrogens with one attached hydrogen (secondary N) is 1. The van der Waals surface area contributed by atoms with Crippen LogP contribution in [-0.4, -0.2) is 46.9 Å². The molecule has 5 heteroatoms. The molecule has 1 aromatic carbocycles. The minimum Gasteiger partial charge on any atom is -0.370 e. The topological polar surface area (TPSA) is 58.2 Å². The summed E-state index contributed by atoms with van der Waals surface area (Å²) in [4.78, 5) is 22.8. The summed E-state index contributed by atoms with van der Waals surface area (Å²) in [7, 11) is 0. The number of aryl methyl sites for hydroxylation is 1. The zero-order valence-electron chi connectivity index (χ0n) is 21.7. The molecular weight excluding hydrogens is 422 g/mol. The van der Waals surface area contributed by atoms with Crippen molar-refractivity contribution in [1.82, 2.24) is 14.9 Å². The first-order valence-corrected chi connectivity index (χ1v) is 12.9. The number of carbonyl (C=O) groups is 1. The second-order valence-electron chi connectivity index (χ2n) is 11.4. The average molecular weight is 464 g/mol. The summed E-state index contributed by atoms with van der Waals surface area (Å²) in [6.45, 7) is 15.0. The predicted molar refractivity (Wildman–Crippen MR) is 138 cm³/mol. The van der Waals surface area contributed by atoms with Gasteiger partial charge in [-0.05, 0) is 99.7 Å². The van der Waals surface area contributed by atoms with E-state index in [0.29, 0.717) is 17.7 Å². The number of likely N-dealkylation sites (tertiary alicyclic amines) is 1. The zero-order chi connectivity index (χ0) is 24.3. The van der Waals surface area contributed by atoms with E-state index in [4.69, 9.17) is 4.74 Å². The third-order valence-corrected chi connectivity index (χ3v) is 7.51. The Hall–Kier alpha value is -2.24. The van der Waals surface area contributed by atoms with E-state index in [2.05, 4.69) is 66.8 Å². The van der Waals surface area contributed by atoms with Gasteiger partial charge in [-0.3, -0.25) is 4.79 Å². The van der Waals surface area contributed by atoms with Crippen molar-refractivity contribution in [1.29, 1.82) is 0 Å². The fourth-order valence-electron chi connectivity index (χ4n) is 5.06. The van der Waals surface area contributed by atoms with Crippen molar-refractivity contribution in [3.05, 3.63) is 58.7 Å². The van der Waals surface area contributed by atoms with Gasteiger partial charge in [0.25, 0.3) is 0 Å². The number of H-pyrrole nitrogens is 1. The Labute approximate surface area is 205 Å². The fourth-order valence-corrected chi connectivity index (χ4v) is 5.06. The predicted octanol–water partition coefficient (Wildman–Crippen LogP) is 6.08. The molecule has 0 radical (unpaired) electrons. The quantitative estimate of drug-likeness (QED) is 0.458. The largest absolute Gasteiger partial charge is 0.370 e. The molecule has 1 fully saturated rings. The number of aromatic nitrogens is 2. The normalized spacial score (nSPS) is 18.8. The summed E-state index contributed by atoms with van der Waals surface area (Å²) in [6.07, 6.45) is 10.3. The zero-order valence-corrected chi connectivity index (χ0v) is 21.7. The van der Waals surface area contributed by atoms with E-state index >= 15 is 0 Å². The highest BCUT2D eigenvalue weighted by Crippen LogP contribution is 2.40. The maximum Gasteiger partial charge on any atom is 0.202 e. The lowest BCUT2D eigenvalue weighted by molar-refractivity contribution is -0.0288. The van der Waals surface area contributed by atoms with Crippen molar-refractivity contribution in [2.75, 3.05) is 26.2 Å². The third-order valence-electron chi connectivity index (χ3n) is 7.51. The molecule has 1 aromatic heterocycles. The highest BCUT2D eigenvalue weighted by Gasteiger charge is 2.27. The highest BCUT2D eigenvalue weighted by molar-refractivity contribution is 5.95. The number of rotatable bonds is 9. The first-order valence-electron chi connectivity index (χ1n) is 12.9. The number of hydrogen-bond acceptors (Lipinski definition) is 4. The van der Waals surface area contributed by atoms with Crippen LogP contribution < -0.4 is 0 Å². The summed E-state index contributed by atoms with van der Waals surface area (Å²) in [6, 6.07) is 6.54. The SMILES string of the molecule is Cc1cnc(C(=O)Cc2ccc(C(C)(C)OCCN3CCCC3)cc2C2=CCC(C)(C)CC2)[nH]1. The lowest BCUT2D eigenvalue weighted by atomic mass is 9.76. The number of imidazole rings is 1. The Morgan fingerprint density at radius 3 is 2.65 bits per heavy atom. The van der Waals surface area contributed by atoms with Gasteiger partial charge in [0, 0.05) is 24.9 Å². The standard InChI is InChI=1S/C29H41N3O2/c1-21-20-30-27(31-21)26(33)18-23-8-9-24(19-25(23)22-10-12-28(2,3)13-11-22)29(4,5)34-17-16-32-14-6-7-15-32/h8-10,19-20H,6-7,11-18H2,1-5H3,(H,30,31). The first kappa shape index (κ1) is 24.9. The molecule has 184 valence electrons. The van der Waals surface area contributed by atoms with Crippen LogP contribution in [0.4, 0.5) is 0 Å². The average Bonchev–Trinajstić information content (AvgIpc) is 3.46. The van der Waals surface area contributed by atoms with Gasteiger partial charge in [-0.25, -0.2) is 4.98 Å². The van der Waals surface area contributed by atoms with Crippen molar-refractivity contribution < 1.29 is 9.53 Å². The molecule has 1 saturated heterocycles. The van der Waals surface area contributed by atoms with E-state index < -0.39 is 0 Å². The lowest BCUT2D eigenvalue weighted by Gasteiger charge is -2.31.